The summed E-state index contributed by atoms with van der Waals surface area (Å²) in [6.07, 6.45) is 0. The van der Waals surface area contributed by atoms with E-state index in [1.54, 1.807) is 0 Å². The Kier molecular flexibility index (Phi) is 35.9. The number of carbonyl (C=O) groups is 2. The summed E-state index contributed by atoms with van der Waals surface area (Å²) < 4.78 is 0. The Labute approximate surface area is 68.8 Å². The molecule has 0 aliphatic rings. The number of carboxylic acid groups (broad SMARTS) is 2. The van der Waals surface area contributed by atoms with Crippen LogP contribution >= 0.6 is 0 Å². The van der Waals surface area contributed by atoms with Crippen molar-refractivity contribution in [3.63, 3.8) is 0 Å². The van der Waals surface area contributed by atoms with E-state index < -0.39 is 11.9 Å². The van der Waals surface area contributed by atoms with Gasteiger partial charge < -0.3 is 25.3 Å². The van der Waals surface area contributed by atoms with Crippen LogP contribution in [0.25, 0.3) is 0 Å². The van der Waals surface area contributed by atoms with Crippen LogP contribution in [0, 0.1) is 0 Å². The molecule has 0 spiro atoms. The molecule has 0 amide bonds. The van der Waals surface area contributed by atoms with E-state index in [1.165, 1.54) is 0 Å². The number of carboxylic acids is 2. The second-order valence-electron chi connectivity index (χ2n) is 0.983. The fraction of sp³-hybridized carbons (Fsp3) is 0.500. The molecule has 1 N–H and O–H groups in total. The van der Waals surface area contributed by atoms with Crippen LogP contribution in [-0.4, -0.2) is 17.4 Å². The van der Waals surface area contributed by atoms with Gasteiger partial charge in [-0.15, -0.1) is 0 Å². The second-order valence-corrected chi connectivity index (χ2v) is 0.983. The van der Waals surface area contributed by atoms with Crippen LogP contribution in [0.15, 0.2) is 0 Å². The van der Waals surface area contributed by atoms with E-state index in [0.29, 0.717) is 0 Å². The van der Waals surface area contributed by atoms with Gasteiger partial charge in [0.25, 0.3) is 0 Å². The summed E-state index contributed by atoms with van der Waals surface area (Å²) >= 11 is 0. The molecule has 0 atom stereocenters. The Hall–Kier alpha value is -0.581. The first-order chi connectivity index (χ1) is 3.46. The van der Waals surface area contributed by atoms with Crippen molar-refractivity contribution in [3.05, 3.63) is 0 Å². The Morgan fingerprint density at radius 2 is 1.00 bits per heavy atom. The van der Waals surface area contributed by atoms with Crippen LogP contribution in [0.2, 0.25) is 0 Å². The molecule has 0 radical (unpaired) electrons. The summed E-state index contributed by atoms with van der Waals surface area (Å²) in [7, 11) is 0. The summed E-state index contributed by atoms with van der Waals surface area (Å²) in [6, 6.07) is 0. The van der Waals surface area contributed by atoms with Gasteiger partial charge in [-0.2, -0.15) is 0 Å². The van der Waals surface area contributed by atoms with Crippen LogP contribution in [0.5, 0.6) is 0 Å². The first-order valence-corrected chi connectivity index (χ1v) is 1.82. The van der Waals surface area contributed by atoms with Crippen molar-refractivity contribution in [2.75, 3.05) is 0 Å². The maximum Gasteiger partial charge on any atom is 2.00 e. The summed E-state index contributed by atoms with van der Waals surface area (Å²) in [5.41, 5.74) is 0. The first kappa shape index (κ1) is 22.7. The molecule has 0 bridgehead atoms. The molecule has 0 unspecified atom stereocenters. The van der Waals surface area contributed by atoms with E-state index in [0.717, 1.165) is 13.8 Å². The Bertz CT molecular complexity index is 71.6. The van der Waals surface area contributed by atoms with Gasteiger partial charge in [0, 0.05) is 11.9 Å². The fourth-order valence-corrected chi connectivity index (χ4v) is 0. The molecule has 0 fully saturated rings. The molecule has 0 rings (SSSR count). The maximum absolute atomic E-state index is 8.89. The zero-order chi connectivity index (χ0) is 7.15. The van der Waals surface area contributed by atoms with E-state index in [9.17, 15) is 0 Å². The molecule has 0 aromatic rings. The zero-order valence-electron chi connectivity index (χ0n) is 5.43. The molecule has 0 saturated heterocycles. The van der Waals surface area contributed by atoms with Crippen molar-refractivity contribution in [2.45, 2.75) is 13.8 Å². The van der Waals surface area contributed by atoms with Crippen molar-refractivity contribution in [3.8, 4) is 0 Å². The third kappa shape index (κ3) is 907. The quantitative estimate of drug-likeness (QED) is 0.387. The van der Waals surface area contributed by atoms with Crippen molar-refractivity contribution in [2.24, 2.45) is 0 Å². The SMILES string of the molecule is CC(=O)[O-].CC(=O)[O-].[Fe+2].[OH-]. The molecule has 6 heteroatoms. The van der Waals surface area contributed by atoms with E-state index in [2.05, 4.69) is 0 Å². The average molecular weight is 191 g/mol. The van der Waals surface area contributed by atoms with Crippen LogP contribution in [-0.2, 0) is 26.7 Å². The van der Waals surface area contributed by atoms with Gasteiger partial charge in [0.2, 0.25) is 0 Å². The number of carbonyl (C=O) groups excluding carboxylic acids is 2. The van der Waals surface area contributed by atoms with Crippen LogP contribution < -0.4 is 10.2 Å². The van der Waals surface area contributed by atoms with Gasteiger partial charge in [-0.1, -0.05) is 0 Å². The third-order valence-electron chi connectivity index (χ3n) is 0. The van der Waals surface area contributed by atoms with Crippen molar-refractivity contribution < 1.29 is 42.3 Å². The van der Waals surface area contributed by atoms with E-state index in [1.807, 2.05) is 0 Å². The summed E-state index contributed by atoms with van der Waals surface area (Å²) in [5.74, 6) is -2.17. The smallest absolute Gasteiger partial charge is 0.870 e. The number of rotatable bonds is 0. The minimum absolute atomic E-state index is 0. The summed E-state index contributed by atoms with van der Waals surface area (Å²) in [5, 5.41) is 17.8. The van der Waals surface area contributed by atoms with E-state index in [4.69, 9.17) is 19.8 Å². The van der Waals surface area contributed by atoms with Crippen molar-refractivity contribution in [1.82, 2.24) is 0 Å². The topological polar surface area (TPSA) is 110 Å². The van der Waals surface area contributed by atoms with Gasteiger partial charge in [-0.3, -0.25) is 0 Å². The van der Waals surface area contributed by atoms with Gasteiger partial charge in [-0.05, 0) is 13.8 Å². The van der Waals surface area contributed by atoms with Gasteiger partial charge in [0.15, 0.2) is 0 Å². The normalized spacial score (nSPS) is 5.00. The Balaban J connectivity index is -0.0000000300. The number of aliphatic carboxylic acids is 2. The van der Waals surface area contributed by atoms with E-state index in [-0.39, 0.29) is 22.5 Å². The summed E-state index contributed by atoms with van der Waals surface area (Å²) in [4.78, 5) is 17.8. The Morgan fingerprint density at radius 1 is 1.00 bits per heavy atom. The second kappa shape index (κ2) is 15.8. The molecule has 0 aliphatic carbocycles. The molecule has 0 aromatic carbocycles. The monoisotopic (exact) mass is 191 g/mol. The predicted octanol–water partition coefficient (Wildman–Crippen LogP) is -2.67. The van der Waals surface area contributed by atoms with Crippen LogP contribution in [0.1, 0.15) is 13.8 Å². The minimum Gasteiger partial charge on any atom is -0.870 e. The molecule has 0 heterocycles. The first-order valence-electron chi connectivity index (χ1n) is 1.82. The number of hydrogen-bond donors (Lipinski definition) is 0. The largest absolute Gasteiger partial charge is 2.00 e. The van der Waals surface area contributed by atoms with Gasteiger partial charge in [0.1, 0.15) is 0 Å². The zero-order valence-corrected chi connectivity index (χ0v) is 6.54. The van der Waals surface area contributed by atoms with Crippen LogP contribution in [0.4, 0.5) is 0 Å². The molecule has 62 valence electrons. The maximum atomic E-state index is 8.89. The van der Waals surface area contributed by atoms with Crippen molar-refractivity contribution in [1.29, 1.82) is 0 Å². The predicted molar refractivity (Wildman–Crippen MR) is 23.3 cm³/mol. The third-order valence-corrected chi connectivity index (χ3v) is 0. The molecule has 5 nitrogen and oxygen atoms in total. The molecule has 0 saturated carbocycles. The molecule has 0 aliphatic heterocycles. The van der Waals surface area contributed by atoms with Crippen molar-refractivity contribution >= 4 is 11.9 Å². The van der Waals surface area contributed by atoms with Gasteiger partial charge in [-0.25, -0.2) is 0 Å². The minimum atomic E-state index is -1.08. The molecule has 0 aromatic heterocycles. The van der Waals surface area contributed by atoms with E-state index >= 15 is 0 Å². The molecule has 10 heavy (non-hydrogen) atoms. The van der Waals surface area contributed by atoms with Crippen LogP contribution in [0.3, 0.4) is 0 Å². The average Bonchev–Trinajstić information content (AvgIpc) is 1.25. The van der Waals surface area contributed by atoms with Gasteiger partial charge >= 0.3 is 17.1 Å². The molecular formula is C4H7FeO5-. The van der Waals surface area contributed by atoms with Gasteiger partial charge in [0.05, 0.1) is 0 Å². The molecular weight excluding hydrogens is 184 g/mol. The fourth-order valence-electron chi connectivity index (χ4n) is 0. The number of hydrogen-bond acceptors (Lipinski definition) is 5. The Morgan fingerprint density at radius 3 is 1.00 bits per heavy atom. The summed E-state index contributed by atoms with van der Waals surface area (Å²) in [6.45, 7) is 1.94. The standard InChI is InChI=1S/2C2H4O2.Fe.H2O/c2*1-2(3)4;;/h2*1H3,(H,3,4);;1H2/q;;+2;/p-3.